The molecule has 7 heteroatoms. The number of nitrogens with one attached hydrogen (secondary N) is 1. The number of nitrogens with zero attached hydrogens (tertiary/aromatic N) is 5. The first-order valence-corrected chi connectivity index (χ1v) is 7.51. The van der Waals surface area contributed by atoms with Crippen molar-refractivity contribution in [1.82, 2.24) is 25.0 Å². The zero-order chi connectivity index (χ0) is 14.0. The first-order valence-electron chi connectivity index (χ1n) is 7.51. The Kier molecular flexibility index (Phi) is 5.45. The standard InChI is InChI=1S/C14H24N6.HI/c1-15-13(16-9-12-18-17-11-19(12)2)20-8-7-14(10-20)5-3-4-6-14;/h11H,3-10H2,1-2H3,(H,15,16);1H. The topological polar surface area (TPSA) is 58.3 Å². The molecule has 1 N–H and O–H groups in total. The van der Waals surface area contributed by atoms with Crippen LogP contribution in [0, 0.1) is 5.41 Å². The second kappa shape index (κ2) is 6.93. The SMILES string of the molecule is CN=C(NCc1nncn1C)N1CCC2(CCCC2)C1.I. The van der Waals surface area contributed by atoms with Crippen LogP contribution in [0.1, 0.15) is 37.9 Å². The Morgan fingerprint density at radius 2 is 2.14 bits per heavy atom. The summed E-state index contributed by atoms with van der Waals surface area (Å²) >= 11 is 0. The molecule has 0 atom stereocenters. The number of hydrogen-bond acceptors (Lipinski definition) is 3. The Morgan fingerprint density at radius 3 is 2.76 bits per heavy atom. The Morgan fingerprint density at radius 1 is 1.38 bits per heavy atom. The van der Waals surface area contributed by atoms with Crippen LogP contribution in [0.5, 0.6) is 0 Å². The Hall–Kier alpha value is -0.860. The van der Waals surface area contributed by atoms with Gasteiger partial charge in [0.05, 0.1) is 6.54 Å². The summed E-state index contributed by atoms with van der Waals surface area (Å²) in [6.45, 7) is 2.96. The summed E-state index contributed by atoms with van der Waals surface area (Å²) in [7, 11) is 3.82. The molecule has 21 heavy (non-hydrogen) atoms. The summed E-state index contributed by atoms with van der Waals surface area (Å²) in [5.41, 5.74) is 0.572. The van der Waals surface area contributed by atoms with Gasteiger partial charge in [0, 0.05) is 27.2 Å². The zero-order valence-electron chi connectivity index (χ0n) is 12.9. The fourth-order valence-electron chi connectivity index (χ4n) is 3.61. The molecule has 0 bridgehead atoms. The van der Waals surface area contributed by atoms with Gasteiger partial charge in [-0.2, -0.15) is 0 Å². The van der Waals surface area contributed by atoms with Gasteiger partial charge in [0.1, 0.15) is 6.33 Å². The minimum atomic E-state index is 0. The third kappa shape index (κ3) is 3.49. The fraction of sp³-hybridized carbons (Fsp3) is 0.786. The summed E-state index contributed by atoms with van der Waals surface area (Å²) in [5.74, 6) is 1.93. The Bertz CT molecular complexity index is 491. The van der Waals surface area contributed by atoms with E-state index in [1.54, 1.807) is 6.33 Å². The van der Waals surface area contributed by atoms with Gasteiger partial charge in [-0.1, -0.05) is 12.8 Å². The lowest BCUT2D eigenvalue weighted by Crippen LogP contribution is -2.41. The molecule has 1 aliphatic heterocycles. The molecule has 6 nitrogen and oxygen atoms in total. The van der Waals surface area contributed by atoms with E-state index >= 15 is 0 Å². The second-order valence-corrected chi connectivity index (χ2v) is 6.14. The maximum Gasteiger partial charge on any atom is 0.194 e. The highest BCUT2D eigenvalue weighted by Gasteiger charge is 2.41. The minimum Gasteiger partial charge on any atom is -0.349 e. The number of rotatable bonds is 2. The molecule has 1 aliphatic carbocycles. The van der Waals surface area contributed by atoms with E-state index in [1.807, 2.05) is 18.7 Å². The average Bonchev–Trinajstić information content (AvgIpc) is 3.16. The van der Waals surface area contributed by atoms with Crippen molar-refractivity contribution < 1.29 is 0 Å². The van der Waals surface area contributed by atoms with Gasteiger partial charge < -0.3 is 14.8 Å². The lowest BCUT2D eigenvalue weighted by atomic mass is 9.86. The fourth-order valence-corrected chi connectivity index (χ4v) is 3.61. The van der Waals surface area contributed by atoms with E-state index < -0.39 is 0 Å². The lowest BCUT2D eigenvalue weighted by Gasteiger charge is -2.25. The van der Waals surface area contributed by atoms with Crippen molar-refractivity contribution in [2.24, 2.45) is 17.5 Å². The molecule has 1 saturated carbocycles. The number of aromatic nitrogens is 3. The number of hydrogen-bond donors (Lipinski definition) is 1. The van der Waals surface area contributed by atoms with E-state index in [0.29, 0.717) is 12.0 Å². The van der Waals surface area contributed by atoms with Crippen LogP contribution in [0.2, 0.25) is 0 Å². The predicted octanol–water partition coefficient (Wildman–Crippen LogP) is 1.77. The molecule has 1 aromatic rings. The highest BCUT2D eigenvalue weighted by molar-refractivity contribution is 14.0. The number of halogens is 1. The van der Waals surface area contributed by atoms with Crippen molar-refractivity contribution in [3.63, 3.8) is 0 Å². The second-order valence-electron chi connectivity index (χ2n) is 6.14. The van der Waals surface area contributed by atoms with Gasteiger partial charge in [0.25, 0.3) is 0 Å². The van der Waals surface area contributed by atoms with Crippen LogP contribution >= 0.6 is 24.0 Å². The van der Waals surface area contributed by atoms with Gasteiger partial charge in [0.15, 0.2) is 11.8 Å². The molecule has 0 aromatic carbocycles. The molecular weight excluding hydrogens is 379 g/mol. The Balaban J connectivity index is 0.00000161. The summed E-state index contributed by atoms with van der Waals surface area (Å²) in [6, 6.07) is 0. The average molecular weight is 404 g/mol. The summed E-state index contributed by atoms with van der Waals surface area (Å²) in [4.78, 5) is 6.83. The van der Waals surface area contributed by atoms with E-state index in [1.165, 1.54) is 32.1 Å². The molecule has 2 heterocycles. The largest absolute Gasteiger partial charge is 0.349 e. The van der Waals surface area contributed by atoms with Crippen LogP contribution in [-0.4, -0.2) is 45.8 Å². The molecule has 3 rings (SSSR count). The van der Waals surface area contributed by atoms with Crippen molar-refractivity contribution in [2.45, 2.75) is 38.6 Å². The Labute approximate surface area is 143 Å². The van der Waals surface area contributed by atoms with Gasteiger partial charge in [-0.25, -0.2) is 0 Å². The van der Waals surface area contributed by atoms with Gasteiger partial charge in [-0.3, -0.25) is 4.99 Å². The first kappa shape index (κ1) is 16.5. The predicted molar refractivity (Wildman–Crippen MR) is 93.7 cm³/mol. The van der Waals surface area contributed by atoms with Crippen LogP contribution in [-0.2, 0) is 13.6 Å². The van der Waals surface area contributed by atoms with Crippen molar-refractivity contribution in [3.8, 4) is 0 Å². The van der Waals surface area contributed by atoms with Crippen LogP contribution in [0.3, 0.4) is 0 Å². The van der Waals surface area contributed by atoms with Crippen LogP contribution in [0.15, 0.2) is 11.3 Å². The van der Waals surface area contributed by atoms with Gasteiger partial charge in [-0.15, -0.1) is 34.2 Å². The third-order valence-electron chi connectivity index (χ3n) is 4.82. The summed E-state index contributed by atoms with van der Waals surface area (Å²) < 4.78 is 1.93. The zero-order valence-corrected chi connectivity index (χ0v) is 15.2. The molecule has 118 valence electrons. The molecule has 0 amide bonds. The van der Waals surface area contributed by atoms with Crippen LogP contribution < -0.4 is 5.32 Å². The number of aliphatic imine (C=N–C) groups is 1. The molecule has 1 spiro atoms. The van der Waals surface area contributed by atoms with E-state index in [9.17, 15) is 0 Å². The highest BCUT2D eigenvalue weighted by atomic mass is 127. The maximum absolute atomic E-state index is 4.43. The van der Waals surface area contributed by atoms with Crippen LogP contribution in [0.4, 0.5) is 0 Å². The van der Waals surface area contributed by atoms with E-state index in [0.717, 1.165) is 24.9 Å². The first-order chi connectivity index (χ1) is 9.72. The van der Waals surface area contributed by atoms with Crippen molar-refractivity contribution >= 4 is 29.9 Å². The summed E-state index contributed by atoms with van der Waals surface area (Å²) in [5, 5.41) is 11.4. The van der Waals surface area contributed by atoms with Gasteiger partial charge in [-0.05, 0) is 24.7 Å². The highest BCUT2D eigenvalue weighted by Crippen LogP contribution is 2.45. The van der Waals surface area contributed by atoms with E-state index in [2.05, 4.69) is 25.4 Å². The molecule has 0 radical (unpaired) electrons. The smallest absolute Gasteiger partial charge is 0.194 e. The quantitative estimate of drug-likeness (QED) is 0.464. The summed E-state index contributed by atoms with van der Waals surface area (Å²) in [6.07, 6.45) is 8.63. The minimum absolute atomic E-state index is 0. The number of likely N-dealkylation sites (tertiary alicyclic amines) is 1. The van der Waals surface area contributed by atoms with Gasteiger partial charge >= 0.3 is 0 Å². The molecule has 0 unspecified atom stereocenters. The van der Waals surface area contributed by atoms with Gasteiger partial charge in [0.2, 0.25) is 0 Å². The normalized spacial score (nSPS) is 20.9. The molecular formula is C14H25IN6. The molecule has 1 saturated heterocycles. The molecule has 2 aliphatic rings. The van der Waals surface area contributed by atoms with E-state index in [4.69, 9.17) is 0 Å². The molecule has 1 aromatic heterocycles. The van der Waals surface area contributed by atoms with E-state index in [-0.39, 0.29) is 24.0 Å². The monoisotopic (exact) mass is 404 g/mol. The molecule has 2 fully saturated rings. The number of aryl methyl sites for hydroxylation is 1. The van der Waals surface area contributed by atoms with Crippen LogP contribution in [0.25, 0.3) is 0 Å². The third-order valence-corrected chi connectivity index (χ3v) is 4.82. The number of guanidine groups is 1. The van der Waals surface area contributed by atoms with Crippen molar-refractivity contribution in [2.75, 3.05) is 20.1 Å². The van der Waals surface area contributed by atoms with Crippen molar-refractivity contribution in [1.29, 1.82) is 0 Å². The van der Waals surface area contributed by atoms with Crippen molar-refractivity contribution in [3.05, 3.63) is 12.2 Å². The maximum atomic E-state index is 4.43. The lowest BCUT2D eigenvalue weighted by molar-refractivity contribution is 0.309.